The predicted molar refractivity (Wildman–Crippen MR) is 120 cm³/mol. The van der Waals surface area contributed by atoms with Gasteiger partial charge < -0.3 is 15.4 Å². The quantitative estimate of drug-likeness (QED) is 0.541. The van der Waals surface area contributed by atoms with E-state index in [1.165, 1.54) is 6.20 Å². The summed E-state index contributed by atoms with van der Waals surface area (Å²) >= 11 is 0. The van der Waals surface area contributed by atoms with Crippen LogP contribution < -0.4 is 15.4 Å². The Bertz CT molecular complexity index is 1110. The van der Waals surface area contributed by atoms with Crippen molar-refractivity contribution >= 4 is 24.0 Å². The summed E-state index contributed by atoms with van der Waals surface area (Å²) in [5, 5.41) is 5.94. The zero-order valence-corrected chi connectivity index (χ0v) is 18.3. The predicted octanol–water partition coefficient (Wildman–Crippen LogP) is 4.61. The first-order valence-electron chi connectivity index (χ1n) is 10.2. The second kappa shape index (κ2) is 11.1. The number of hydrogen-bond acceptors (Lipinski definition) is 5. The number of pyridine rings is 2. The molecule has 1 fully saturated rings. The van der Waals surface area contributed by atoms with Crippen LogP contribution >= 0.6 is 12.4 Å². The SMILES string of the molecule is Cl.O=C(Nc1cnccc1OCC1CCCNC1)c1ccc(F)c(-c2c(F)cccc2F)n1. The molecule has 1 unspecified atom stereocenters. The molecule has 4 rings (SSSR count). The van der Waals surface area contributed by atoms with Gasteiger partial charge in [0.2, 0.25) is 0 Å². The molecule has 0 spiro atoms. The van der Waals surface area contributed by atoms with E-state index >= 15 is 0 Å². The van der Waals surface area contributed by atoms with E-state index < -0.39 is 34.6 Å². The van der Waals surface area contributed by atoms with Crippen molar-refractivity contribution in [2.24, 2.45) is 5.92 Å². The highest BCUT2D eigenvalue weighted by molar-refractivity contribution is 6.03. The van der Waals surface area contributed by atoms with Gasteiger partial charge in [0.15, 0.2) is 0 Å². The lowest BCUT2D eigenvalue weighted by atomic mass is 10.0. The first kappa shape index (κ1) is 24.5. The molecule has 174 valence electrons. The van der Waals surface area contributed by atoms with Gasteiger partial charge in [-0.15, -0.1) is 12.4 Å². The Kier molecular flexibility index (Phi) is 8.24. The highest BCUT2D eigenvalue weighted by Gasteiger charge is 2.20. The molecule has 6 nitrogen and oxygen atoms in total. The number of benzene rings is 1. The minimum atomic E-state index is -0.978. The summed E-state index contributed by atoms with van der Waals surface area (Å²) in [7, 11) is 0. The van der Waals surface area contributed by atoms with Crippen molar-refractivity contribution in [2.45, 2.75) is 12.8 Å². The molecule has 1 atom stereocenters. The zero-order chi connectivity index (χ0) is 22.5. The van der Waals surface area contributed by atoms with Gasteiger partial charge in [-0.3, -0.25) is 9.78 Å². The van der Waals surface area contributed by atoms with Crippen molar-refractivity contribution in [2.75, 3.05) is 25.0 Å². The first-order chi connectivity index (χ1) is 15.5. The van der Waals surface area contributed by atoms with Crippen LogP contribution in [0.25, 0.3) is 11.3 Å². The highest BCUT2D eigenvalue weighted by Crippen LogP contribution is 2.28. The van der Waals surface area contributed by atoms with Crippen LogP contribution in [0.2, 0.25) is 0 Å². The van der Waals surface area contributed by atoms with Gasteiger partial charge in [0, 0.05) is 24.7 Å². The average molecular weight is 479 g/mol. The molecule has 33 heavy (non-hydrogen) atoms. The Morgan fingerprint density at radius 1 is 1.12 bits per heavy atom. The van der Waals surface area contributed by atoms with Crippen LogP contribution in [-0.4, -0.2) is 35.6 Å². The highest BCUT2D eigenvalue weighted by atomic mass is 35.5. The number of anilines is 1. The minimum Gasteiger partial charge on any atom is -0.491 e. The van der Waals surface area contributed by atoms with E-state index in [-0.39, 0.29) is 18.1 Å². The maximum atomic E-state index is 14.3. The molecule has 2 N–H and O–H groups in total. The Labute approximate surface area is 195 Å². The number of nitrogens with zero attached hydrogens (tertiary/aromatic N) is 2. The lowest BCUT2D eigenvalue weighted by Gasteiger charge is -2.23. The van der Waals surface area contributed by atoms with Crippen LogP contribution in [-0.2, 0) is 0 Å². The zero-order valence-electron chi connectivity index (χ0n) is 17.5. The van der Waals surface area contributed by atoms with Crippen molar-refractivity contribution < 1.29 is 22.7 Å². The van der Waals surface area contributed by atoms with E-state index in [0.717, 1.165) is 56.3 Å². The van der Waals surface area contributed by atoms with Crippen molar-refractivity contribution in [3.63, 3.8) is 0 Å². The normalized spacial score (nSPS) is 15.4. The molecule has 2 aromatic heterocycles. The lowest BCUT2D eigenvalue weighted by molar-refractivity contribution is 0.102. The number of ether oxygens (including phenoxy) is 1. The van der Waals surface area contributed by atoms with Crippen LogP contribution in [0.4, 0.5) is 18.9 Å². The topological polar surface area (TPSA) is 76.1 Å². The maximum absolute atomic E-state index is 14.3. The van der Waals surface area contributed by atoms with E-state index in [4.69, 9.17) is 4.74 Å². The first-order valence-corrected chi connectivity index (χ1v) is 10.2. The van der Waals surface area contributed by atoms with E-state index in [1.54, 1.807) is 12.3 Å². The summed E-state index contributed by atoms with van der Waals surface area (Å²) in [5.41, 5.74) is -1.12. The largest absolute Gasteiger partial charge is 0.491 e. The number of rotatable bonds is 6. The molecule has 0 radical (unpaired) electrons. The van der Waals surface area contributed by atoms with Crippen LogP contribution in [0.1, 0.15) is 23.3 Å². The fourth-order valence-electron chi connectivity index (χ4n) is 3.53. The second-order valence-corrected chi connectivity index (χ2v) is 7.47. The molecule has 1 aliphatic rings. The Hall–Kier alpha value is -3.17. The number of piperidine rings is 1. The average Bonchev–Trinajstić information content (AvgIpc) is 2.80. The minimum absolute atomic E-state index is 0. The summed E-state index contributed by atoms with van der Waals surface area (Å²) in [4.78, 5) is 20.6. The molecule has 3 heterocycles. The van der Waals surface area contributed by atoms with E-state index in [2.05, 4.69) is 20.6 Å². The summed E-state index contributed by atoms with van der Waals surface area (Å²) in [6.07, 6.45) is 5.09. The number of carbonyl (C=O) groups is 1. The van der Waals surface area contributed by atoms with Gasteiger partial charge >= 0.3 is 0 Å². The smallest absolute Gasteiger partial charge is 0.274 e. The second-order valence-electron chi connectivity index (χ2n) is 7.47. The molecular weight excluding hydrogens is 457 g/mol. The number of hydrogen-bond donors (Lipinski definition) is 2. The van der Waals surface area contributed by atoms with Crippen LogP contribution in [0.5, 0.6) is 5.75 Å². The number of carbonyl (C=O) groups excluding carboxylic acids is 1. The fourth-order valence-corrected chi connectivity index (χ4v) is 3.53. The molecule has 10 heteroatoms. The van der Waals surface area contributed by atoms with Crippen LogP contribution in [0, 0.1) is 23.4 Å². The molecule has 3 aromatic rings. The molecule has 0 bridgehead atoms. The molecule has 1 amide bonds. The van der Waals surface area contributed by atoms with Gasteiger partial charge in [0.1, 0.15) is 40.3 Å². The Balaban J connectivity index is 0.00000306. The summed E-state index contributed by atoms with van der Waals surface area (Å²) < 4.78 is 48.4. The number of nitrogens with one attached hydrogen (secondary N) is 2. The maximum Gasteiger partial charge on any atom is 0.274 e. The van der Waals surface area contributed by atoms with Crippen molar-refractivity contribution in [3.05, 3.63) is 71.9 Å². The number of halogens is 4. The van der Waals surface area contributed by atoms with Gasteiger partial charge in [-0.2, -0.15) is 0 Å². The molecular formula is C23H22ClF3N4O2. The third-order valence-electron chi connectivity index (χ3n) is 5.18. The van der Waals surface area contributed by atoms with Crippen molar-refractivity contribution in [1.82, 2.24) is 15.3 Å². The Morgan fingerprint density at radius 3 is 2.64 bits per heavy atom. The van der Waals surface area contributed by atoms with Crippen LogP contribution in [0.3, 0.4) is 0 Å². The summed E-state index contributed by atoms with van der Waals surface area (Å²) in [6.45, 7) is 2.34. The molecule has 1 saturated heterocycles. The van der Waals surface area contributed by atoms with Crippen LogP contribution in [0.15, 0.2) is 48.8 Å². The number of aromatic nitrogens is 2. The third-order valence-corrected chi connectivity index (χ3v) is 5.18. The van der Waals surface area contributed by atoms with E-state index in [1.807, 2.05) is 0 Å². The standard InChI is InChI=1S/C23H21F3N4O2.ClH/c24-15-4-1-5-16(25)21(15)22-17(26)6-7-18(29-22)23(31)30-19-12-28-10-8-20(19)32-13-14-3-2-9-27-11-14;/h1,4-8,10,12,14,27H,2-3,9,11,13H2,(H,30,31);1H. The van der Waals surface area contributed by atoms with Crippen molar-refractivity contribution in [1.29, 1.82) is 0 Å². The summed E-state index contributed by atoms with van der Waals surface area (Å²) in [5.74, 6) is -2.81. The van der Waals surface area contributed by atoms with Gasteiger partial charge in [0.25, 0.3) is 5.91 Å². The van der Waals surface area contributed by atoms with Gasteiger partial charge in [-0.05, 0) is 43.7 Å². The fraction of sp³-hybridized carbons (Fsp3) is 0.261. The van der Waals surface area contributed by atoms with E-state index in [9.17, 15) is 18.0 Å². The van der Waals surface area contributed by atoms with Gasteiger partial charge in [-0.25, -0.2) is 18.2 Å². The Morgan fingerprint density at radius 2 is 1.91 bits per heavy atom. The van der Waals surface area contributed by atoms with Gasteiger partial charge in [0.05, 0.1) is 18.4 Å². The lowest BCUT2D eigenvalue weighted by Crippen LogP contribution is -2.33. The monoisotopic (exact) mass is 478 g/mol. The third kappa shape index (κ3) is 5.80. The van der Waals surface area contributed by atoms with Crippen molar-refractivity contribution in [3.8, 4) is 17.0 Å². The van der Waals surface area contributed by atoms with E-state index in [0.29, 0.717) is 24.0 Å². The molecule has 0 saturated carbocycles. The number of amides is 1. The molecule has 1 aromatic carbocycles. The molecule has 0 aliphatic carbocycles. The molecule has 1 aliphatic heterocycles. The van der Waals surface area contributed by atoms with Gasteiger partial charge in [-0.1, -0.05) is 6.07 Å². The summed E-state index contributed by atoms with van der Waals surface area (Å²) in [6, 6.07) is 6.86.